The second-order valence-electron chi connectivity index (χ2n) is 3.44. The van der Waals surface area contributed by atoms with Crippen molar-refractivity contribution in [3.8, 4) is 0 Å². The standard InChI is InChI=1S/C10H13NS7/c1-3-11(4-2)9(12)16-6-5-14-7-8(15-6)18-10(13)17-7/h6H,3-5H2,1-2H3/t6-/m0/s1. The summed E-state index contributed by atoms with van der Waals surface area (Å²) in [6.07, 6.45) is 0. The number of nitrogens with zero attached hydrogens (tertiary/aromatic N) is 1. The van der Waals surface area contributed by atoms with E-state index in [1.165, 1.54) is 8.42 Å². The molecule has 0 saturated heterocycles. The number of hydrogen-bond acceptors (Lipinski definition) is 7. The van der Waals surface area contributed by atoms with Crippen LogP contribution in [-0.2, 0) is 0 Å². The van der Waals surface area contributed by atoms with E-state index in [1.54, 1.807) is 22.7 Å². The monoisotopic (exact) mass is 371 g/mol. The van der Waals surface area contributed by atoms with E-state index < -0.39 is 0 Å². The molecule has 0 saturated carbocycles. The maximum Gasteiger partial charge on any atom is 0.145 e. The molecule has 8 heteroatoms. The molecule has 0 radical (unpaired) electrons. The van der Waals surface area contributed by atoms with Crippen molar-refractivity contribution in [3.05, 3.63) is 3.14 Å². The van der Waals surface area contributed by atoms with E-state index in [-0.39, 0.29) is 0 Å². The predicted molar refractivity (Wildman–Crippen MR) is 96.5 cm³/mol. The van der Waals surface area contributed by atoms with E-state index in [9.17, 15) is 0 Å². The summed E-state index contributed by atoms with van der Waals surface area (Å²) < 4.78 is 5.38. The van der Waals surface area contributed by atoms with Gasteiger partial charge < -0.3 is 4.90 Å². The quantitative estimate of drug-likeness (QED) is 0.648. The van der Waals surface area contributed by atoms with Crippen LogP contribution in [0.25, 0.3) is 0 Å². The van der Waals surface area contributed by atoms with E-state index in [0.717, 1.165) is 26.3 Å². The zero-order valence-corrected chi connectivity index (χ0v) is 15.7. The summed E-state index contributed by atoms with van der Waals surface area (Å²) in [4.78, 5) is 2.25. The van der Waals surface area contributed by atoms with Crippen LogP contribution in [-0.4, -0.2) is 32.6 Å². The molecule has 0 N–H and O–H groups in total. The number of fused-ring (bicyclic) bond motifs is 1. The lowest BCUT2D eigenvalue weighted by molar-refractivity contribution is 0.482. The maximum atomic E-state index is 5.51. The topological polar surface area (TPSA) is 3.24 Å². The zero-order chi connectivity index (χ0) is 13.1. The molecule has 1 aromatic rings. The van der Waals surface area contributed by atoms with Crippen LogP contribution in [0.5, 0.6) is 0 Å². The lowest BCUT2D eigenvalue weighted by atomic mass is 10.6. The molecule has 0 unspecified atom stereocenters. The van der Waals surface area contributed by atoms with Gasteiger partial charge in [0.2, 0.25) is 0 Å². The summed E-state index contributed by atoms with van der Waals surface area (Å²) >= 11 is 20.0. The minimum Gasteiger partial charge on any atom is -0.358 e. The van der Waals surface area contributed by atoms with Gasteiger partial charge in [-0.3, -0.25) is 0 Å². The third-order valence-electron chi connectivity index (χ3n) is 2.36. The van der Waals surface area contributed by atoms with Crippen molar-refractivity contribution in [1.29, 1.82) is 0 Å². The third kappa shape index (κ3) is 3.86. The largest absolute Gasteiger partial charge is 0.358 e. The normalized spacial score (nSPS) is 18.4. The first-order valence-corrected chi connectivity index (χ1v) is 10.7. The van der Waals surface area contributed by atoms with Gasteiger partial charge in [0.1, 0.15) is 7.46 Å². The molecule has 1 aliphatic rings. The van der Waals surface area contributed by atoms with Gasteiger partial charge in [-0.05, 0) is 13.8 Å². The first-order chi connectivity index (χ1) is 8.63. The van der Waals surface area contributed by atoms with Crippen LogP contribution in [0, 0.1) is 3.14 Å². The zero-order valence-electron chi connectivity index (χ0n) is 10.0. The second-order valence-corrected chi connectivity index (χ2v) is 11.6. The van der Waals surface area contributed by atoms with Crippen molar-refractivity contribution in [1.82, 2.24) is 4.90 Å². The van der Waals surface area contributed by atoms with E-state index in [2.05, 4.69) is 18.7 Å². The van der Waals surface area contributed by atoms with Gasteiger partial charge in [0, 0.05) is 18.8 Å². The van der Waals surface area contributed by atoms with Crippen LogP contribution in [0.1, 0.15) is 13.8 Å². The molecule has 18 heavy (non-hydrogen) atoms. The lowest BCUT2D eigenvalue weighted by Gasteiger charge is -2.25. The predicted octanol–water partition coefficient (Wildman–Crippen LogP) is 5.42. The number of rotatable bonds is 3. The summed E-state index contributed by atoms with van der Waals surface area (Å²) in [5.41, 5.74) is 0. The summed E-state index contributed by atoms with van der Waals surface area (Å²) in [6, 6.07) is 0. The fourth-order valence-electron chi connectivity index (χ4n) is 1.44. The summed E-state index contributed by atoms with van der Waals surface area (Å²) in [5, 5.41) is 0. The van der Waals surface area contributed by atoms with E-state index in [1.807, 2.05) is 35.3 Å². The van der Waals surface area contributed by atoms with Crippen molar-refractivity contribution in [3.63, 3.8) is 0 Å². The molecule has 0 aliphatic carbocycles. The molecule has 1 aromatic heterocycles. The molecule has 0 bridgehead atoms. The Kier molecular flexibility index (Phi) is 6.31. The fourth-order valence-corrected chi connectivity index (χ4v) is 10.4. The second kappa shape index (κ2) is 7.28. The first-order valence-electron chi connectivity index (χ1n) is 5.53. The Morgan fingerprint density at radius 3 is 2.67 bits per heavy atom. The Bertz CT molecular complexity index is 473. The van der Waals surface area contributed by atoms with Gasteiger partial charge >= 0.3 is 0 Å². The average molecular weight is 372 g/mol. The van der Waals surface area contributed by atoms with Gasteiger partial charge in [0.15, 0.2) is 0 Å². The van der Waals surface area contributed by atoms with Crippen molar-refractivity contribution >= 4 is 86.7 Å². The van der Waals surface area contributed by atoms with Crippen LogP contribution in [0.3, 0.4) is 0 Å². The molecular formula is C10H13NS7. The highest BCUT2D eigenvalue weighted by molar-refractivity contribution is 8.31. The van der Waals surface area contributed by atoms with E-state index in [0.29, 0.717) is 4.58 Å². The van der Waals surface area contributed by atoms with Gasteiger partial charge in [-0.25, -0.2) is 0 Å². The molecule has 0 spiro atoms. The molecule has 2 rings (SSSR count). The van der Waals surface area contributed by atoms with Crippen molar-refractivity contribution in [2.75, 3.05) is 18.8 Å². The van der Waals surface area contributed by atoms with Gasteiger partial charge in [0.05, 0.1) is 13.0 Å². The third-order valence-corrected chi connectivity index (χ3v) is 10.4. The molecule has 0 fully saturated rings. The van der Waals surface area contributed by atoms with Crippen LogP contribution < -0.4 is 0 Å². The number of hydrogen-bond donors (Lipinski definition) is 0. The molecule has 1 nitrogen and oxygen atoms in total. The highest BCUT2D eigenvalue weighted by Crippen LogP contribution is 2.50. The first kappa shape index (κ1) is 15.6. The van der Waals surface area contributed by atoms with Gasteiger partial charge in [-0.1, -0.05) is 48.0 Å². The van der Waals surface area contributed by atoms with Crippen molar-refractivity contribution < 1.29 is 0 Å². The van der Waals surface area contributed by atoms with Crippen molar-refractivity contribution in [2.24, 2.45) is 0 Å². The Labute approximate surface area is 139 Å². The highest BCUT2D eigenvalue weighted by Gasteiger charge is 2.25. The van der Waals surface area contributed by atoms with E-state index in [4.69, 9.17) is 24.4 Å². The molecule has 1 aliphatic heterocycles. The SMILES string of the molecule is CCN(CC)C(=S)S[C@H]1CSc2sc(=S)sc2S1. The number of thiocarbonyl (C=S) groups is 1. The van der Waals surface area contributed by atoms with Crippen LogP contribution in [0.2, 0.25) is 0 Å². The molecule has 0 aromatic carbocycles. The minimum atomic E-state index is 0.524. The maximum absolute atomic E-state index is 5.51. The van der Waals surface area contributed by atoms with Crippen LogP contribution in [0.4, 0.5) is 0 Å². The van der Waals surface area contributed by atoms with Crippen LogP contribution >= 0.6 is 82.4 Å². The molecule has 1 atom stereocenters. The fraction of sp³-hybridized carbons (Fsp3) is 0.600. The van der Waals surface area contributed by atoms with E-state index >= 15 is 0 Å². The molecule has 2 heterocycles. The molecule has 100 valence electrons. The highest BCUT2D eigenvalue weighted by atomic mass is 32.2. The summed E-state index contributed by atoms with van der Waals surface area (Å²) in [7, 11) is 0. The number of thioether (sulfide) groups is 3. The van der Waals surface area contributed by atoms with Gasteiger partial charge in [-0.15, -0.1) is 34.4 Å². The lowest BCUT2D eigenvalue weighted by Crippen LogP contribution is -2.28. The summed E-state index contributed by atoms with van der Waals surface area (Å²) in [6.45, 7) is 6.30. The Morgan fingerprint density at radius 2 is 2.00 bits per heavy atom. The van der Waals surface area contributed by atoms with Gasteiger partial charge in [-0.2, -0.15) is 0 Å². The molecular weight excluding hydrogens is 359 g/mol. The Balaban J connectivity index is 1.97. The van der Waals surface area contributed by atoms with Crippen molar-refractivity contribution in [2.45, 2.75) is 26.8 Å². The van der Waals surface area contributed by atoms with Gasteiger partial charge in [0.25, 0.3) is 0 Å². The Hall–Kier alpha value is 1.21. The van der Waals surface area contributed by atoms with Crippen LogP contribution in [0.15, 0.2) is 8.42 Å². The molecule has 0 amide bonds. The smallest absolute Gasteiger partial charge is 0.145 e. The minimum absolute atomic E-state index is 0.524. The Morgan fingerprint density at radius 1 is 1.33 bits per heavy atom. The average Bonchev–Trinajstić information content (AvgIpc) is 2.70. The summed E-state index contributed by atoms with van der Waals surface area (Å²) in [5.74, 6) is 1.12.